The molecule has 2 aromatic heterocycles. The molecule has 0 radical (unpaired) electrons. The molecule has 0 amide bonds. The maximum absolute atomic E-state index is 12.5. The third-order valence-electron chi connectivity index (χ3n) is 4.87. The van der Waals surface area contributed by atoms with E-state index in [4.69, 9.17) is 6.42 Å². The van der Waals surface area contributed by atoms with Gasteiger partial charge >= 0.3 is 4.87 Å². The van der Waals surface area contributed by atoms with Crippen LogP contribution < -0.4 is 4.87 Å². The number of hydrogen-bond acceptors (Lipinski definition) is 4. The lowest BCUT2D eigenvalue weighted by atomic mass is 10.1. The van der Waals surface area contributed by atoms with Gasteiger partial charge in [0.1, 0.15) is 0 Å². The molecule has 3 aromatic rings. The van der Waals surface area contributed by atoms with Crippen LogP contribution in [0.2, 0.25) is 0 Å². The summed E-state index contributed by atoms with van der Waals surface area (Å²) in [4.78, 5) is 19.1. The first kappa shape index (κ1) is 16.8. The first-order valence-electron chi connectivity index (χ1n) is 8.63. The summed E-state index contributed by atoms with van der Waals surface area (Å²) in [5, 5.41) is 1.88. The number of thiazole rings is 1. The molecule has 1 aliphatic carbocycles. The molecule has 0 N–H and O–H groups in total. The average molecular weight is 361 g/mol. The number of pyridine rings is 1. The van der Waals surface area contributed by atoms with Crippen LogP contribution in [0.4, 0.5) is 0 Å². The van der Waals surface area contributed by atoms with Crippen molar-refractivity contribution >= 4 is 11.3 Å². The smallest absolute Gasteiger partial charge is 0.284 e. The van der Waals surface area contributed by atoms with Crippen LogP contribution in [0, 0.1) is 12.3 Å². The lowest BCUT2D eigenvalue weighted by Crippen LogP contribution is -2.33. The standard InChI is InChI=1S/C21H19N3OS/c1-2-13-23(19-11-10-16-7-3-4-8-17(16)19)15-24-20(14-26-21(24)25)18-9-5-6-12-22-18/h1,3-9,12,14,19H,10-11,13,15H2. The fourth-order valence-corrected chi connectivity index (χ4v) is 4.39. The number of hydrogen-bond donors (Lipinski definition) is 0. The van der Waals surface area contributed by atoms with Crippen molar-refractivity contribution in [2.45, 2.75) is 25.6 Å². The highest BCUT2D eigenvalue weighted by Gasteiger charge is 2.28. The summed E-state index contributed by atoms with van der Waals surface area (Å²) in [6.45, 7) is 0.973. The predicted molar refractivity (Wildman–Crippen MR) is 105 cm³/mol. The minimum Gasteiger partial charge on any atom is -0.284 e. The Morgan fingerprint density at radius 1 is 1.27 bits per heavy atom. The van der Waals surface area contributed by atoms with E-state index in [1.165, 1.54) is 22.5 Å². The van der Waals surface area contributed by atoms with E-state index in [0.717, 1.165) is 24.2 Å². The Morgan fingerprint density at radius 3 is 2.92 bits per heavy atom. The molecule has 0 fully saturated rings. The predicted octanol–water partition coefficient (Wildman–Crippen LogP) is 3.55. The normalized spacial score (nSPS) is 15.8. The molecule has 4 rings (SSSR count). The van der Waals surface area contributed by atoms with E-state index >= 15 is 0 Å². The number of aromatic nitrogens is 2. The van der Waals surface area contributed by atoms with E-state index in [1.54, 1.807) is 10.8 Å². The first-order valence-corrected chi connectivity index (χ1v) is 9.51. The van der Waals surface area contributed by atoms with E-state index in [9.17, 15) is 4.79 Å². The van der Waals surface area contributed by atoms with Crippen LogP contribution in [0.25, 0.3) is 11.4 Å². The van der Waals surface area contributed by atoms with Crippen LogP contribution in [0.3, 0.4) is 0 Å². The zero-order chi connectivity index (χ0) is 17.9. The molecule has 1 atom stereocenters. The van der Waals surface area contributed by atoms with E-state index in [0.29, 0.717) is 13.2 Å². The summed E-state index contributed by atoms with van der Waals surface area (Å²) in [7, 11) is 0. The third-order valence-corrected chi connectivity index (χ3v) is 5.63. The summed E-state index contributed by atoms with van der Waals surface area (Å²) in [6.07, 6.45) is 9.46. The molecular formula is C21H19N3OS. The summed E-state index contributed by atoms with van der Waals surface area (Å²) in [5.74, 6) is 2.76. The van der Waals surface area contributed by atoms with Crippen molar-refractivity contribution in [2.75, 3.05) is 6.54 Å². The Kier molecular flexibility index (Phi) is 4.70. The minimum absolute atomic E-state index is 0.0129. The monoisotopic (exact) mass is 361 g/mol. The van der Waals surface area contributed by atoms with Gasteiger partial charge in [-0.15, -0.1) is 6.42 Å². The van der Waals surface area contributed by atoms with Crippen LogP contribution in [0.1, 0.15) is 23.6 Å². The van der Waals surface area contributed by atoms with Crippen molar-refractivity contribution in [1.82, 2.24) is 14.5 Å². The van der Waals surface area contributed by atoms with E-state index in [1.807, 2.05) is 23.6 Å². The second-order valence-electron chi connectivity index (χ2n) is 6.38. The van der Waals surface area contributed by atoms with Crippen LogP contribution in [-0.2, 0) is 13.1 Å². The van der Waals surface area contributed by atoms with E-state index in [-0.39, 0.29) is 10.9 Å². The molecule has 0 aliphatic heterocycles. The van der Waals surface area contributed by atoms with Crippen LogP contribution in [0.5, 0.6) is 0 Å². The molecule has 1 aromatic carbocycles. The number of aryl methyl sites for hydroxylation is 1. The number of fused-ring (bicyclic) bond motifs is 1. The molecule has 26 heavy (non-hydrogen) atoms. The minimum atomic E-state index is 0.0129. The van der Waals surface area contributed by atoms with Crippen molar-refractivity contribution < 1.29 is 0 Å². The molecule has 0 spiro atoms. The Bertz CT molecular complexity index is 1000. The van der Waals surface area contributed by atoms with Gasteiger partial charge in [0.25, 0.3) is 0 Å². The maximum atomic E-state index is 12.5. The van der Waals surface area contributed by atoms with Gasteiger partial charge in [0.15, 0.2) is 0 Å². The van der Waals surface area contributed by atoms with Gasteiger partial charge in [0, 0.05) is 17.6 Å². The largest absolute Gasteiger partial charge is 0.308 e. The van der Waals surface area contributed by atoms with Gasteiger partial charge in [-0.3, -0.25) is 19.2 Å². The highest BCUT2D eigenvalue weighted by atomic mass is 32.1. The Labute approximate surface area is 156 Å². The van der Waals surface area contributed by atoms with E-state index < -0.39 is 0 Å². The molecule has 5 heteroatoms. The fraction of sp³-hybridized carbons (Fsp3) is 0.238. The van der Waals surface area contributed by atoms with Gasteiger partial charge in [-0.25, -0.2) is 0 Å². The second kappa shape index (κ2) is 7.28. The summed E-state index contributed by atoms with van der Waals surface area (Å²) in [6, 6.07) is 14.5. The molecule has 1 unspecified atom stereocenters. The molecule has 0 saturated carbocycles. The van der Waals surface area contributed by atoms with Crippen LogP contribution in [-0.4, -0.2) is 21.0 Å². The molecular weight excluding hydrogens is 342 g/mol. The first-order chi connectivity index (χ1) is 12.8. The number of terminal acetylenes is 1. The van der Waals surface area contributed by atoms with Crippen molar-refractivity contribution in [2.24, 2.45) is 0 Å². The van der Waals surface area contributed by atoms with Gasteiger partial charge < -0.3 is 0 Å². The quantitative estimate of drug-likeness (QED) is 0.652. The van der Waals surface area contributed by atoms with Crippen molar-refractivity contribution in [1.29, 1.82) is 0 Å². The lowest BCUT2D eigenvalue weighted by molar-refractivity contribution is 0.172. The molecule has 130 valence electrons. The molecule has 0 bridgehead atoms. The van der Waals surface area contributed by atoms with Crippen LogP contribution >= 0.6 is 11.3 Å². The average Bonchev–Trinajstić information content (AvgIpc) is 3.26. The number of benzene rings is 1. The van der Waals surface area contributed by atoms with Crippen molar-refractivity contribution in [3.05, 3.63) is 74.8 Å². The second-order valence-corrected chi connectivity index (χ2v) is 7.20. The summed E-state index contributed by atoms with van der Waals surface area (Å²) >= 11 is 1.20. The van der Waals surface area contributed by atoms with Gasteiger partial charge in [0.05, 0.1) is 24.6 Å². The fourth-order valence-electron chi connectivity index (χ4n) is 3.65. The van der Waals surface area contributed by atoms with Gasteiger partial charge in [-0.2, -0.15) is 0 Å². The SMILES string of the molecule is C#CCN(Cn1c(-c2ccccn2)csc1=O)C1CCc2ccccc21. The van der Waals surface area contributed by atoms with Crippen molar-refractivity contribution in [3.8, 4) is 23.7 Å². The number of nitrogens with zero attached hydrogens (tertiary/aromatic N) is 3. The molecule has 1 aliphatic rings. The zero-order valence-electron chi connectivity index (χ0n) is 14.3. The summed E-state index contributed by atoms with van der Waals surface area (Å²) < 4.78 is 1.78. The lowest BCUT2D eigenvalue weighted by Gasteiger charge is -2.28. The topological polar surface area (TPSA) is 38.1 Å². The maximum Gasteiger partial charge on any atom is 0.308 e. The zero-order valence-corrected chi connectivity index (χ0v) is 15.2. The van der Waals surface area contributed by atoms with E-state index in [2.05, 4.69) is 40.1 Å². The van der Waals surface area contributed by atoms with Crippen LogP contribution in [0.15, 0.2) is 58.8 Å². The Hall–Kier alpha value is -2.68. The number of rotatable bonds is 5. The van der Waals surface area contributed by atoms with Crippen molar-refractivity contribution in [3.63, 3.8) is 0 Å². The third kappa shape index (κ3) is 3.10. The molecule has 0 saturated heterocycles. The Balaban J connectivity index is 1.68. The Morgan fingerprint density at radius 2 is 2.12 bits per heavy atom. The highest BCUT2D eigenvalue weighted by Crippen LogP contribution is 2.36. The van der Waals surface area contributed by atoms with Gasteiger partial charge in [-0.1, -0.05) is 47.6 Å². The highest BCUT2D eigenvalue weighted by molar-refractivity contribution is 7.07. The van der Waals surface area contributed by atoms with Gasteiger partial charge in [-0.05, 0) is 36.1 Å². The van der Waals surface area contributed by atoms with Gasteiger partial charge in [0.2, 0.25) is 0 Å². The molecule has 4 nitrogen and oxygen atoms in total. The molecule has 2 heterocycles. The summed E-state index contributed by atoms with van der Waals surface area (Å²) in [5.41, 5.74) is 4.35.